The molecule has 0 unspecified atom stereocenters. The van der Waals surface area contributed by atoms with E-state index in [-0.39, 0.29) is 6.04 Å². The van der Waals surface area contributed by atoms with Crippen LogP contribution in [0.2, 0.25) is 0 Å². The molecule has 7 N–H and O–H groups in total. The molecule has 72 valence electrons. The number of carbonyl (C=O) groups is 1. The molecule has 0 aliphatic carbocycles. The summed E-state index contributed by atoms with van der Waals surface area (Å²) in [6, 6.07) is -0.131. The molecule has 0 aliphatic rings. The van der Waals surface area contributed by atoms with Crippen molar-refractivity contribution in [2.75, 3.05) is 6.54 Å². The van der Waals surface area contributed by atoms with Gasteiger partial charge in [0.1, 0.15) is 0 Å². The molecule has 5 heteroatoms. The van der Waals surface area contributed by atoms with Crippen molar-refractivity contribution in [3.05, 3.63) is 0 Å². The SMILES string of the molecule is NCCCC[C@H](NC=O)C(N)N. The Morgan fingerprint density at radius 3 is 2.42 bits per heavy atom. The van der Waals surface area contributed by atoms with Gasteiger partial charge in [0.2, 0.25) is 6.41 Å². The Kier molecular flexibility index (Phi) is 6.64. The molecule has 0 heterocycles. The number of nitrogens with two attached hydrogens (primary N) is 3. The van der Waals surface area contributed by atoms with Crippen molar-refractivity contribution in [3.63, 3.8) is 0 Å². The molecular formula is C7H18N4O. The van der Waals surface area contributed by atoms with Crippen LogP contribution in [0.4, 0.5) is 0 Å². The van der Waals surface area contributed by atoms with E-state index in [0.29, 0.717) is 13.0 Å². The predicted molar refractivity (Wildman–Crippen MR) is 48.1 cm³/mol. The number of rotatable bonds is 7. The van der Waals surface area contributed by atoms with Crippen molar-refractivity contribution in [1.29, 1.82) is 0 Å². The number of carbonyl (C=O) groups excluding carboxylic acids is 1. The molecule has 0 aromatic carbocycles. The van der Waals surface area contributed by atoms with Crippen molar-refractivity contribution >= 4 is 6.41 Å². The Hall–Kier alpha value is -0.650. The van der Waals surface area contributed by atoms with Gasteiger partial charge < -0.3 is 22.5 Å². The average Bonchev–Trinajstić information content (AvgIpc) is 2.03. The molecule has 0 spiro atoms. The third-order valence-electron chi connectivity index (χ3n) is 1.72. The highest BCUT2D eigenvalue weighted by Gasteiger charge is 2.11. The van der Waals surface area contributed by atoms with Crippen LogP contribution in [0.5, 0.6) is 0 Å². The maximum absolute atomic E-state index is 10.1. The first-order valence-corrected chi connectivity index (χ1v) is 4.13. The van der Waals surface area contributed by atoms with Gasteiger partial charge in [0, 0.05) is 0 Å². The summed E-state index contributed by atoms with van der Waals surface area (Å²) in [6.07, 6.45) is 2.79. The van der Waals surface area contributed by atoms with E-state index in [1.807, 2.05) is 0 Å². The maximum Gasteiger partial charge on any atom is 0.207 e. The number of amides is 1. The van der Waals surface area contributed by atoms with E-state index in [4.69, 9.17) is 17.2 Å². The molecular weight excluding hydrogens is 156 g/mol. The van der Waals surface area contributed by atoms with E-state index in [1.54, 1.807) is 0 Å². The number of hydrogen-bond donors (Lipinski definition) is 4. The molecule has 1 amide bonds. The molecule has 12 heavy (non-hydrogen) atoms. The van der Waals surface area contributed by atoms with Crippen LogP contribution in [0.1, 0.15) is 19.3 Å². The zero-order valence-corrected chi connectivity index (χ0v) is 7.20. The smallest absolute Gasteiger partial charge is 0.207 e. The summed E-state index contributed by atoms with van der Waals surface area (Å²) in [5, 5.41) is 2.57. The molecule has 0 aromatic heterocycles. The van der Waals surface area contributed by atoms with Gasteiger partial charge in [-0.1, -0.05) is 6.42 Å². The van der Waals surface area contributed by atoms with Gasteiger partial charge in [0.05, 0.1) is 12.2 Å². The summed E-state index contributed by atoms with van der Waals surface area (Å²) in [5.41, 5.74) is 16.2. The minimum absolute atomic E-state index is 0.131. The van der Waals surface area contributed by atoms with Crippen molar-refractivity contribution in [2.24, 2.45) is 17.2 Å². The molecule has 0 aliphatic heterocycles. The summed E-state index contributed by atoms with van der Waals surface area (Å²) in [4.78, 5) is 10.1. The summed E-state index contributed by atoms with van der Waals surface area (Å²) in [6.45, 7) is 0.660. The first-order valence-electron chi connectivity index (χ1n) is 4.13. The molecule has 0 bridgehead atoms. The minimum Gasteiger partial charge on any atom is -0.353 e. The van der Waals surface area contributed by atoms with E-state index in [2.05, 4.69) is 5.32 Å². The van der Waals surface area contributed by atoms with Crippen molar-refractivity contribution < 1.29 is 4.79 Å². The molecule has 1 atom stereocenters. The first-order chi connectivity index (χ1) is 5.72. The van der Waals surface area contributed by atoms with Gasteiger partial charge >= 0.3 is 0 Å². The van der Waals surface area contributed by atoms with E-state index < -0.39 is 6.17 Å². The quantitative estimate of drug-likeness (QED) is 0.213. The molecule has 5 nitrogen and oxygen atoms in total. The Bertz CT molecular complexity index is 118. The van der Waals surface area contributed by atoms with Gasteiger partial charge in [-0.3, -0.25) is 4.79 Å². The molecule has 0 fully saturated rings. The van der Waals surface area contributed by atoms with Gasteiger partial charge in [-0.2, -0.15) is 0 Å². The molecule has 0 rings (SSSR count). The van der Waals surface area contributed by atoms with Crippen LogP contribution in [0.15, 0.2) is 0 Å². The van der Waals surface area contributed by atoms with Gasteiger partial charge in [-0.15, -0.1) is 0 Å². The van der Waals surface area contributed by atoms with Gasteiger partial charge in [-0.25, -0.2) is 0 Å². The number of unbranched alkanes of at least 4 members (excludes halogenated alkanes) is 1. The fourth-order valence-electron chi connectivity index (χ4n) is 0.983. The second-order valence-corrected chi connectivity index (χ2v) is 2.75. The monoisotopic (exact) mass is 174 g/mol. The second-order valence-electron chi connectivity index (χ2n) is 2.75. The fourth-order valence-corrected chi connectivity index (χ4v) is 0.983. The number of nitrogens with one attached hydrogen (secondary N) is 1. The second kappa shape index (κ2) is 7.02. The lowest BCUT2D eigenvalue weighted by molar-refractivity contribution is -0.110. The van der Waals surface area contributed by atoms with Crippen molar-refractivity contribution in [3.8, 4) is 0 Å². The molecule has 0 saturated carbocycles. The van der Waals surface area contributed by atoms with Crippen LogP contribution in [0.25, 0.3) is 0 Å². The van der Waals surface area contributed by atoms with Crippen LogP contribution in [0, 0.1) is 0 Å². The lowest BCUT2D eigenvalue weighted by Crippen LogP contribution is -2.50. The van der Waals surface area contributed by atoms with Gasteiger partial charge in [0.15, 0.2) is 0 Å². The van der Waals surface area contributed by atoms with E-state index in [9.17, 15) is 4.79 Å². The van der Waals surface area contributed by atoms with Gasteiger partial charge in [0.25, 0.3) is 0 Å². The highest BCUT2D eigenvalue weighted by molar-refractivity contribution is 5.46. The normalized spacial score (nSPS) is 13.0. The summed E-state index contributed by atoms with van der Waals surface area (Å²) in [7, 11) is 0. The van der Waals surface area contributed by atoms with Crippen molar-refractivity contribution in [1.82, 2.24) is 5.32 Å². The lowest BCUT2D eigenvalue weighted by Gasteiger charge is -2.19. The van der Waals surface area contributed by atoms with E-state index in [0.717, 1.165) is 19.3 Å². The average molecular weight is 174 g/mol. The Labute approximate surface area is 72.7 Å². The van der Waals surface area contributed by atoms with Gasteiger partial charge in [-0.05, 0) is 19.4 Å². The summed E-state index contributed by atoms with van der Waals surface area (Å²) in [5.74, 6) is 0. The van der Waals surface area contributed by atoms with Crippen LogP contribution in [0.3, 0.4) is 0 Å². The number of hydrogen-bond acceptors (Lipinski definition) is 4. The van der Waals surface area contributed by atoms with E-state index >= 15 is 0 Å². The zero-order chi connectivity index (χ0) is 9.40. The zero-order valence-electron chi connectivity index (χ0n) is 7.20. The van der Waals surface area contributed by atoms with Crippen LogP contribution in [-0.4, -0.2) is 25.2 Å². The molecule has 0 radical (unpaired) electrons. The standard InChI is InChI=1S/C7H18N4O/c8-4-2-1-3-6(7(9)10)11-5-12/h5-7H,1-4,8-10H2,(H,11,12)/t6-/m0/s1. The maximum atomic E-state index is 10.1. The Balaban J connectivity index is 3.55. The largest absolute Gasteiger partial charge is 0.353 e. The molecule has 0 saturated heterocycles. The minimum atomic E-state index is -0.493. The Morgan fingerprint density at radius 1 is 1.33 bits per heavy atom. The lowest BCUT2D eigenvalue weighted by atomic mass is 10.1. The third kappa shape index (κ3) is 5.06. The van der Waals surface area contributed by atoms with Crippen LogP contribution < -0.4 is 22.5 Å². The van der Waals surface area contributed by atoms with Crippen LogP contribution >= 0.6 is 0 Å². The third-order valence-corrected chi connectivity index (χ3v) is 1.72. The predicted octanol–water partition coefficient (Wildman–Crippen LogP) is -1.53. The van der Waals surface area contributed by atoms with Crippen molar-refractivity contribution in [2.45, 2.75) is 31.5 Å². The summed E-state index contributed by atoms with van der Waals surface area (Å²) < 4.78 is 0. The highest BCUT2D eigenvalue weighted by Crippen LogP contribution is 1.99. The Morgan fingerprint density at radius 2 is 2.00 bits per heavy atom. The fraction of sp³-hybridized carbons (Fsp3) is 0.857. The first kappa shape index (κ1) is 11.4. The summed E-state index contributed by atoms with van der Waals surface area (Å²) >= 11 is 0. The topological polar surface area (TPSA) is 107 Å². The van der Waals surface area contributed by atoms with Crippen LogP contribution in [-0.2, 0) is 4.79 Å². The molecule has 0 aromatic rings. The highest BCUT2D eigenvalue weighted by atomic mass is 16.1. The van der Waals surface area contributed by atoms with E-state index in [1.165, 1.54) is 0 Å².